The van der Waals surface area contributed by atoms with Crippen LogP contribution < -0.4 is 5.32 Å². The van der Waals surface area contributed by atoms with E-state index in [1.54, 1.807) is 6.07 Å². The van der Waals surface area contributed by atoms with Gasteiger partial charge in [0, 0.05) is 25.7 Å². The molecule has 1 fully saturated rings. The van der Waals surface area contributed by atoms with Gasteiger partial charge in [-0.3, -0.25) is 0 Å². The molecule has 0 unspecified atom stereocenters. The average molecular weight is 288 g/mol. The number of hydrogen-bond acceptors (Lipinski definition) is 2. The number of alkyl halides is 3. The van der Waals surface area contributed by atoms with E-state index in [0.717, 1.165) is 6.07 Å². The normalized spacial score (nSPS) is 19.4. The van der Waals surface area contributed by atoms with Crippen LogP contribution in [-0.4, -0.2) is 35.2 Å². The van der Waals surface area contributed by atoms with Gasteiger partial charge >= 0.3 is 12.3 Å². The van der Waals surface area contributed by atoms with Gasteiger partial charge in [0.15, 0.2) is 0 Å². The van der Waals surface area contributed by atoms with Crippen LogP contribution in [0.1, 0.15) is 17.5 Å². The lowest BCUT2D eigenvalue weighted by Gasteiger charge is -2.16. The van der Waals surface area contributed by atoms with E-state index < -0.39 is 17.8 Å². The average Bonchev–Trinajstić information content (AvgIpc) is 2.84. The zero-order valence-corrected chi connectivity index (χ0v) is 10.7. The fourth-order valence-electron chi connectivity index (χ4n) is 2.31. The van der Waals surface area contributed by atoms with Crippen molar-refractivity contribution in [2.24, 2.45) is 0 Å². The number of carboxylic acid groups (broad SMARTS) is 1. The number of benzene rings is 1. The van der Waals surface area contributed by atoms with Gasteiger partial charge in [-0.2, -0.15) is 13.2 Å². The molecule has 110 valence electrons. The van der Waals surface area contributed by atoms with Crippen molar-refractivity contribution in [3.8, 4) is 0 Å². The standard InChI is InChI=1S/C13H15F3N2O2/c14-13(15,16)11-4-2-1-3-9(11)7-17-10-5-6-18(8-10)12(19)20/h1-4,10,17H,5-8H2,(H,19,20)/t10-/m0/s1. The predicted molar refractivity (Wildman–Crippen MR) is 66.3 cm³/mol. The summed E-state index contributed by atoms with van der Waals surface area (Å²) in [7, 11) is 0. The van der Waals surface area contributed by atoms with E-state index >= 15 is 0 Å². The molecule has 1 aliphatic heterocycles. The number of nitrogens with zero attached hydrogens (tertiary/aromatic N) is 1. The second-order valence-electron chi connectivity index (χ2n) is 4.75. The van der Waals surface area contributed by atoms with E-state index in [-0.39, 0.29) is 18.2 Å². The largest absolute Gasteiger partial charge is 0.465 e. The molecule has 20 heavy (non-hydrogen) atoms. The molecule has 1 aliphatic rings. The lowest BCUT2D eigenvalue weighted by molar-refractivity contribution is -0.138. The molecule has 7 heteroatoms. The summed E-state index contributed by atoms with van der Waals surface area (Å²) in [6.45, 7) is 0.797. The van der Waals surface area contributed by atoms with Crippen LogP contribution in [0.2, 0.25) is 0 Å². The monoisotopic (exact) mass is 288 g/mol. The zero-order valence-electron chi connectivity index (χ0n) is 10.7. The molecule has 1 heterocycles. The van der Waals surface area contributed by atoms with Crippen LogP contribution in [0.3, 0.4) is 0 Å². The van der Waals surface area contributed by atoms with Crippen molar-refractivity contribution in [2.75, 3.05) is 13.1 Å². The van der Waals surface area contributed by atoms with Gasteiger partial charge in [0.1, 0.15) is 0 Å². The zero-order chi connectivity index (χ0) is 14.8. The highest BCUT2D eigenvalue weighted by Crippen LogP contribution is 2.31. The van der Waals surface area contributed by atoms with E-state index in [1.807, 2.05) is 0 Å². The van der Waals surface area contributed by atoms with E-state index in [9.17, 15) is 18.0 Å². The van der Waals surface area contributed by atoms with Crippen LogP contribution >= 0.6 is 0 Å². The summed E-state index contributed by atoms with van der Waals surface area (Å²) >= 11 is 0. The third-order valence-electron chi connectivity index (χ3n) is 3.36. The van der Waals surface area contributed by atoms with Gasteiger partial charge in [-0.25, -0.2) is 4.79 Å². The van der Waals surface area contributed by atoms with Crippen molar-refractivity contribution in [3.63, 3.8) is 0 Å². The third-order valence-corrected chi connectivity index (χ3v) is 3.36. The fraction of sp³-hybridized carbons (Fsp3) is 0.462. The first-order chi connectivity index (χ1) is 9.38. The molecule has 0 radical (unpaired) electrons. The van der Waals surface area contributed by atoms with E-state index in [4.69, 9.17) is 5.11 Å². The molecule has 1 atom stereocenters. The van der Waals surface area contributed by atoms with E-state index in [2.05, 4.69) is 5.32 Å². The van der Waals surface area contributed by atoms with Crippen molar-refractivity contribution < 1.29 is 23.1 Å². The Bertz CT molecular complexity index is 491. The summed E-state index contributed by atoms with van der Waals surface area (Å²) in [6.07, 6.45) is -4.76. The maximum Gasteiger partial charge on any atom is 0.416 e. The Morgan fingerprint density at radius 1 is 1.40 bits per heavy atom. The van der Waals surface area contributed by atoms with Crippen LogP contribution in [0, 0.1) is 0 Å². The van der Waals surface area contributed by atoms with Gasteiger partial charge in [0.25, 0.3) is 0 Å². The number of amides is 1. The van der Waals surface area contributed by atoms with E-state index in [0.29, 0.717) is 19.5 Å². The molecule has 1 aromatic carbocycles. The van der Waals surface area contributed by atoms with Gasteiger partial charge in [-0.1, -0.05) is 18.2 Å². The second-order valence-corrected chi connectivity index (χ2v) is 4.75. The number of rotatable bonds is 3. The van der Waals surface area contributed by atoms with Gasteiger partial charge in [0.05, 0.1) is 5.56 Å². The number of hydrogen-bond donors (Lipinski definition) is 2. The second kappa shape index (κ2) is 5.70. The van der Waals surface area contributed by atoms with E-state index in [1.165, 1.54) is 17.0 Å². The number of halogens is 3. The minimum Gasteiger partial charge on any atom is -0.465 e. The van der Waals surface area contributed by atoms with Crippen molar-refractivity contribution in [2.45, 2.75) is 25.2 Å². The minimum absolute atomic E-state index is 0.0772. The van der Waals surface area contributed by atoms with Gasteiger partial charge in [-0.15, -0.1) is 0 Å². The maximum atomic E-state index is 12.8. The van der Waals surface area contributed by atoms with Crippen LogP contribution in [0.15, 0.2) is 24.3 Å². The molecule has 4 nitrogen and oxygen atoms in total. The first-order valence-corrected chi connectivity index (χ1v) is 6.24. The number of carbonyl (C=O) groups is 1. The predicted octanol–water partition coefficient (Wildman–Crippen LogP) is 2.55. The van der Waals surface area contributed by atoms with Crippen molar-refractivity contribution in [1.29, 1.82) is 0 Å². The van der Waals surface area contributed by atoms with Gasteiger partial charge in [-0.05, 0) is 18.1 Å². The van der Waals surface area contributed by atoms with Crippen molar-refractivity contribution >= 4 is 6.09 Å². The van der Waals surface area contributed by atoms with Crippen LogP contribution in [0.25, 0.3) is 0 Å². The van der Waals surface area contributed by atoms with Gasteiger partial charge in [0.2, 0.25) is 0 Å². The highest BCUT2D eigenvalue weighted by molar-refractivity contribution is 5.65. The lowest BCUT2D eigenvalue weighted by Crippen LogP contribution is -2.34. The molecule has 0 aliphatic carbocycles. The van der Waals surface area contributed by atoms with Crippen LogP contribution in [-0.2, 0) is 12.7 Å². The Morgan fingerprint density at radius 3 is 2.70 bits per heavy atom. The molecule has 2 N–H and O–H groups in total. The Hall–Kier alpha value is -1.76. The highest BCUT2D eigenvalue weighted by atomic mass is 19.4. The lowest BCUT2D eigenvalue weighted by atomic mass is 10.1. The molecule has 1 aromatic rings. The maximum absolute atomic E-state index is 12.8. The first-order valence-electron chi connectivity index (χ1n) is 6.24. The Labute approximate surface area is 114 Å². The molecular weight excluding hydrogens is 273 g/mol. The summed E-state index contributed by atoms with van der Waals surface area (Å²) in [5, 5.41) is 11.8. The fourth-order valence-corrected chi connectivity index (χ4v) is 2.31. The van der Waals surface area contributed by atoms with Gasteiger partial charge < -0.3 is 15.3 Å². The number of likely N-dealkylation sites (tertiary alicyclic amines) is 1. The van der Waals surface area contributed by atoms with Crippen molar-refractivity contribution in [1.82, 2.24) is 10.2 Å². The van der Waals surface area contributed by atoms with Crippen LogP contribution in [0.4, 0.5) is 18.0 Å². The molecular formula is C13H15F3N2O2. The summed E-state index contributed by atoms with van der Waals surface area (Å²) in [5.41, 5.74) is -0.477. The summed E-state index contributed by atoms with van der Waals surface area (Å²) < 4.78 is 38.4. The summed E-state index contributed by atoms with van der Waals surface area (Å²) in [4.78, 5) is 12.0. The van der Waals surface area contributed by atoms with Crippen molar-refractivity contribution in [3.05, 3.63) is 35.4 Å². The molecule has 0 spiro atoms. The third kappa shape index (κ3) is 3.41. The molecule has 0 saturated carbocycles. The molecule has 0 bridgehead atoms. The highest BCUT2D eigenvalue weighted by Gasteiger charge is 2.33. The summed E-state index contributed by atoms with van der Waals surface area (Å²) in [5.74, 6) is 0. The minimum atomic E-state index is -4.37. The summed E-state index contributed by atoms with van der Waals surface area (Å²) in [6, 6.07) is 5.29. The SMILES string of the molecule is O=C(O)N1CC[C@H](NCc2ccccc2C(F)(F)F)C1. The molecule has 1 amide bonds. The first kappa shape index (κ1) is 14.6. The quantitative estimate of drug-likeness (QED) is 0.898. The Balaban J connectivity index is 1.97. The Morgan fingerprint density at radius 2 is 2.10 bits per heavy atom. The van der Waals surface area contributed by atoms with Crippen LogP contribution in [0.5, 0.6) is 0 Å². The topological polar surface area (TPSA) is 52.6 Å². The Kier molecular flexibility index (Phi) is 4.17. The smallest absolute Gasteiger partial charge is 0.416 e. The number of nitrogens with one attached hydrogen (secondary N) is 1. The molecule has 2 rings (SSSR count). The molecule has 1 saturated heterocycles. The molecule has 0 aromatic heterocycles.